The average molecular weight is 293 g/mol. The van der Waals surface area contributed by atoms with Crippen LogP contribution in [0, 0.1) is 5.82 Å². The Bertz CT molecular complexity index is 611. The summed E-state index contributed by atoms with van der Waals surface area (Å²) in [5, 5.41) is 5.27. The fraction of sp³-hybridized carbons (Fsp3) is 0.133. The van der Waals surface area contributed by atoms with E-state index in [0.29, 0.717) is 5.69 Å². The summed E-state index contributed by atoms with van der Waals surface area (Å²) < 4.78 is 13.6. The molecule has 2 aromatic carbocycles. The number of rotatable bonds is 3. The van der Waals surface area contributed by atoms with Gasteiger partial charge in [0.2, 0.25) is 0 Å². The second kappa shape index (κ2) is 6.39. The molecule has 2 aromatic rings. The highest BCUT2D eigenvalue weighted by Crippen LogP contribution is 2.25. The van der Waals surface area contributed by atoms with Crippen LogP contribution < -0.4 is 10.6 Å². The fourth-order valence-electron chi connectivity index (χ4n) is 1.83. The quantitative estimate of drug-likeness (QED) is 0.847. The Morgan fingerprint density at radius 2 is 1.90 bits per heavy atom. The summed E-state index contributed by atoms with van der Waals surface area (Å²) in [6.07, 6.45) is 0.789. The van der Waals surface area contributed by atoms with Crippen LogP contribution in [0.25, 0.3) is 0 Å². The minimum absolute atomic E-state index is 0.0272. The molecule has 0 spiro atoms. The van der Waals surface area contributed by atoms with Gasteiger partial charge in [0.25, 0.3) is 0 Å². The number of anilines is 2. The fourth-order valence-corrected chi connectivity index (χ4v) is 2.05. The van der Waals surface area contributed by atoms with Crippen molar-refractivity contribution in [3.8, 4) is 0 Å². The number of benzene rings is 2. The van der Waals surface area contributed by atoms with Crippen molar-refractivity contribution in [1.82, 2.24) is 0 Å². The van der Waals surface area contributed by atoms with Gasteiger partial charge >= 0.3 is 6.03 Å². The Hall–Kier alpha value is -2.07. The Morgan fingerprint density at radius 3 is 2.60 bits per heavy atom. The molecule has 2 N–H and O–H groups in total. The molecule has 0 aromatic heterocycles. The molecule has 3 nitrogen and oxygen atoms in total. The van der Waals surface area contributed by atoms with Crippen molar-refractivity contribution in [1.29, 1.82) is 0 Å². The van der Waals surface area contributed by atoms with Crippen LogP contribution in [0.2, 0.25) is 5.02 Å². The van der Waals surface area contributed by atoms with E-state index in [-0.39, 0.29) is 10.7 Å². The maximum absolute atomic E-state index is 13.6. The highest BCUT2D eigenvalue weighted by Gasteiger charge is 2.11. The van der Waals surface area contributed by atoms with Crippen molar-refractivity contribution in [2.24, 2.45) is 0 Å². The first-order valence-electron chi connectivity index (χ1n) is 6.21. The summed E-state index contributed by atoms with van der Waals surface area (Å²) in [4.78, 5) is 11.9. The van der Waals surface area contributed by atoms with Gasteiger partial charge < -0.3 is 10.6 Å². The summed E-state index contributed by atoms with van der Waals surface area (Å²) in [5.41, 5.74) is 1.67. The molecule has 0 radical (unpaired) electrons. The summed E-state index contributed by atoms with van der Waals surface area (Å²) in [6.45, 7) is 1.99. The van der Waals surface area contributed by atoms with E-state index in [2.05, 4.69) is 10.6 Å². The van der Waals surface area contributed by atoms with Gasteiger partial charge in [-0.25, -0.2) is 9.18 Å². The lowest BCUT2D eigenvalue weighted by Crippen LogP contribution is -2.21. The predicted octanol–water partition coefficient (Wildman–Crippen LogP) is 4.69. The lowest BCUT2D eigenvalue weighted by Gasteiger charge is -2.12. The first kappa shape index (κ1) is 14.3. The summed E-state index contributed by atoms with van der Waals surface area (Å²) in [7, 11) is 0. The van der Waals surface area contributed by atoms with Gasteiger partial charge in [0.1, 0.15) is 5.82 Å². The highest BCUT2D eigenvalue weighted by atomic mass is 35.5. The van der Waals surface area contributed by atoms with Crippen LogP contribution in [0.15, 0.2) is 42.5 Å². The number of halogens is 2. The minimum atomic E-state index is -0.573. The zero-order valence-electron chi connectivity index (χ0n) is 10.9. The molecule has 0 saturated heterocycles. The van der Waals surface area contributed by atoms with E-state index in [9.17, 15) is 9.18 Å². The number of hydrogen-bond donors (Lipinski definition) is 2. The number of carbonyl (C=O) groups is 1. The van der Waals surface area contributed by atoms with E-state index < -0.39 is 11.8 Å². The van der Waals surface area contributed by atoms with Crippen LogP contribution in [0.4, 0.5) is 20.6 Å². The molecule has 0 aliphatic heterocycles. The van der Waals surface area contributed by atoms with Gasteiger partial charge in [-0.3, -0.25) is 0 Å². The first-order chi connectivity index (χ1) is 9.61. The number of aryl methyl sites for hydroxylation is 1. The maximum atomic E-state index is 13.6. The number of nitrogens with one attached hydrogen (secondary N) is 2. The first-order valence-corrected chi connectivity index (χ1v) is 6.59. The molecule has 0 atom stereocenters. The van der Waals surface area contributed by atoms with Crippen LogP contribution in [0.1, 0.15) is 12.5 Å². The molecule has 0 unspecified atom stereocenters. The number of hydrogen-bond acceptors (Lipinski definition) is 1. The molecule has 5 heteroatoms. The van der Waals surface area contributed by atoms with Crippen molar-refractivity contribution in [3.05, 3.63) is 58.9 Å². The van der Waals surface area contributed by atoms with E-state index in [4.69, 9.17) is 11.6 Å². The zero-order valence-corrected chi connectivity index (χ0v) is 11.7. The smallest absolute Gasteiger partial charge is 0.307 e. The molecular weight excluding hydrogens is 279 g/mol. The zero-order chi connectivity index (χ0) is 14.5. The average Bonchev–Trinajstić information content (AvgIpc) is 2.44. The van der Waals surface area contributed by atoms with Crippen LogP contribution in [-0.2, 0) is 6.42 Å². The third-order valence-electron chi connectivity index (χ3n) is 2.85. The lowest BCUT2D eigenvalue weighted by atomic mass is 10.1. The SMILES string of the molecule is CCc1ccccc1NC(=O)Nc1c(F)cccc1Cl. The van der Waals surface area contributed by atoms with Crippen molar-refractivity contribution >= 4 is 29.0 Å². The van der Waals surface area contributed by atoms with Gasteiger partial charge in [-0.1, -0.05) is 42.8 Å². The molecular formula is C15H14ClFN2O. The Labute approximate surface area is 121 Å². The summed E-state index contributed by atoms with van der Waals surface area (Å²) in [5.74, 6) is -0.573. The van der Waals surface area contributed by atoms with Crippen LogP contribution in [0.5, 0.6) is 0 Å². The molecule has 20 heavy (non-hydrogen) atoms. The van der Waals surface area contributed by atoms with Crippen LogP contribution in [0.3, 0.4) is 0 Å². The van der Waals surface area contributed by atoms with Crippen molar-refractivity contribution < 1.29 is 9.18 Å². The van der Waals surface area contributed by atoms with Gasteiger partial charge in [-0.05, 0) is 30.2 Å². The van der Waals surface area contributed by atoms with Crippen molar-refractivity contribution in [2.45, 2.75) is 13.3 Å². The number of amides is 2. The van der Waals surface area contributed by atoms with Crippen molar-refractivity contribution in [3.63, 3.8) is 0 Å². The molecule has 2 amide bonds. The summed E-state index contributed by atoms with van der Waals surface area (Å²) >= 11 is 5.85. The Kier molecular flexibility index (Phi) is 4.58. The highest BCUT2D eigenvalue weighted by molar-refractivity contribution is 6.33. The van der Waals surface area contributed by atoms with Gasteiger partial charge in [0.05, 0.1) is 10.7 Å². The van der Waals surface area contributed by atoms with E-state index in [0.717, 1.165) is 12.0 Å². The van der Waals surface area contributed by atoms with Crippen LogP contribution in [-0.4, -0.2) is 6.03 Å². The second-order valence-electron chi connectivity index (χ2n) is 4.19. The van der Waals surface area contributed by atoms with Gasteiger partial charge in [0, 0.05) is 5.69 Å². The topological polar surface area (TPSA) is 41.1 Å². The van der Waals surface area contributed by atoms with Gasteiger partial charge in [-0.15, -0.1) is 0 Å². The molecule has 0 aliphatic carbocycles. The molecule has 0 fully saturated rings. The van der Waals surface area contributed by atoms with Crippen LogP contribution >= 0.6 is 11.6 Å². The molecule has 2 rings (SSSR count). The third-order valence-corrected chi connectivity index (χ3v) is 3.16. The van der Waals surface area contributed by atoms with E-state index in [1.54, 1.807) is 6.07 Å². The number of carbonyl (C=O) groups excluding carboxylic acids is 1. The van der Waals surface area contributed by atoms with E-state index in [1.807, 2.05) is 25.1 Å². The Morgan fingerprint density at radius 1 is 1.15 bits per heavy atom. The molecule has 0 aliphatic rings. The maximum Gasteiger partial charge on any atom is 0.323 e. The third kappa shape index (κ3) is 3.27. The minimum Gasteiger partial charge on any atom is -0.307 e. The molecule has 0 saturated carbocycles. The second-order valence-corrected chi connectivity index (χ2v) is 4.59. The molecule has 0 bridgehead atoms. The standard InChI is InChI=1S/C15H14ClFN2O/c1-2-10-6-3-4-9-13(10)18-15(20)19-14-11(16)7-5-8-12(14)17/h3-9H,2H2,1H3,(H2,18,19,20). The predicted molar refractivity (Wildman–Crippen MR) is 79.9 cm³/mol. The normalized spacial score (nSPS) is 10.2. The summed E-state index contributed by atoms with van der Waals surface area (Å²) in [6, 6.07) is 11.1. The largest absolute Gasteiger partial charge is 0.323 e. The van der Waals surface area contributed by atoms with Gasteiger partial charge in [0.15, 0.2) is 0 Å². The monoisotopic (exact) mass is 292 g/mol. The van der Waals surface area contributed by atoms with Crippen molar-refractivity contribution in [2.75, 3.05) is 10.6 Å². The number of urea groups is 1. The van der Waals surface area contributed by atoms with Gasteiger partial charge in [-0.2, -0.15) is 0 Å². The lowest BCUT2D eigenvalue weighted by molar-refractivity contribution is 0.262. The number of para-hydroxylation sites is 2. The molecule has 0 heterocycles. The van der Waals surface area contributed by atoms with E-state index in [1.165, 1.54) is 18.2 Å². The van der Waals surface area contributed by atoms with E-state index >= 15 is 0 Å². The molecule has 104 valence electrons. The Balaban J connectivity index is 2.13.